The minimum Gasteiger partial charge on any atom is -0.449 e. The largest absolute Gasteiger partial charge is 0.511 e. The van der Waals surface area contributed by atoms with Crippen LogP contribution in [-0.2, 0) is 6.42 Å². The summed E-state index contributed by atoms with van der Waals surface area (Å²) in [4.78, 5) is 20.8. The van der Waals surface area contributed by atoms with E-state index in [0.29, 0.717) is 23.8 Å². The van der Waals surface area contributed by atoms with E-state index >= 15 is 0 Å². The molecule has 0 aliphatic rings. The molecule has 0 unspecified atom stereocenters. The lowest BCUT2D eigenvalue weighted by Crippen LogP contribution is -2.05. The molecule has 0 radical (unpaired) electrons. The van der Waals surface area contributed by atoms with Gasteiger partial charge in [-0.25, -0.2) is 4.79 Å². The SMILES string of the molecule is CCc1cc(C=O)ccc1OC(=O)O. The summed E-state index contributed by atoms with van der Waals surface area (Å²) in [5.41, 5.74) is 1.22. The number of rotatable bonds is 3. The molecule has 0 aromatic heterocycles. The maximum atomic E-state index is 10.5. The fourth-order valence-electron chi connectivity index (χ4n) is 1.14. The third kappa shape index (κ3) is 2.32. The van der Waals surface area contributed by atoms with Gasteiger partial charge in [0.15, 0.2) is 0 Å². The van der Waals surface area contributed by atoms with Gasteiger partial charge in [-0.2, -0.15) is 0 Å². The van der Waals surface area contributed by atoms with Crippen LogP contribution in [0.25, 0.3) is 0 Å². The Kier molecular flexibility index (Phi) is 3.23. The molecule has 0 atom stereocenters. The standard InChI is InChI=1S/C10H10O4/c1-2-8-5-7(6-11)3-4-9(8)14-10(12)13/h3-6H,2H2,1H3,(H,12,13). The number of carboxylic acid groups (broad SMARTS) is 1. The molecule has 4 heteroatoms. The van der Waals surface area contributed by atoms with Gasteiger partial charge >= 0.3 is 6.16 Å². The molecule has 1 rings (SSSR count). The van der Waals surface area contributed by atoms with Crippen LogP contribution in [-0.4, -0.2) is 17.5 Å². The Morgan fingerprint density at radius 1 is 1.57 bits per heavy atom. The van der Waals surface area contributed by atoms with E-state index < -0.39 is 6.16 Å². The summed E-state index contributed by atoms with van der Waals surface area (Å²) in [6, 6.07) is 4.62. The van der Waals surface area contributed by atoms with Crippen LogP contribution >= 0.6 is 0 Å². The smallest absolute Gasteiger partial charge is 0.449 e. The minimum atomic E-state index is -1.35. The van der Waals surface area contributed by atoms with E-state index in [0.717, 1.165) is 0 Å². The molecule has 0 aliphatic carbocycles. The van der Waals surface area contributed by atoms with Crippen LogP contribution in [0.15, 0.2) is 18.2 Å². The van der Waals surface area contributed by atoms with Gasteiger partial charge in [-0.15, -0.1) is 0 Å². The van der Waals surface area contributed by atoms with Crippen molar-refractivity contribution in [2.45, 2.75) is 13.3 Å². The second-order valence-corrected chi connectivity index (χ2v) is 2.71. The Bertz CT molecular complexity index is 357. The van der Waals surface area contributed by atoms with Crippen molar-refractivity contribution in [2.24, 2.45) is 0 Å². The molecule has 4 nitrogen and oxygen atoms in total. The zero-order valence-corrected chi connectivity index (χ0v) is 7.69. The maximum Gasteiger partial charge on any atom is 0.511 e. The Morgan fingerprint density at radius 2 is 2.29 bits per heavy atom. The van der Waals surface area contributed by atoms with Crippen molar-refractivity contribution in [1.82, 2.24) is 0 Å². The van der Waals surface area contributed by atoms with Gasteiger partial charge in [0.1, 0.15) is 12.0 Å². The molecule has 0 saturated carbocycles. The lowest BCUT2D eigenvalue weighted by atomic mass is 10.1. The van der Waals surface area contributed by atoms with E-state index in [1.54, 1.807) is 6.07 Å². The second kappa shape index (κ2) is 4.41. The van der Waals surface area contributed by atoms with E-state index in [-0.39, 0.29) is 5.75 Å². The third-order valence-electron chi connectivity index (χ3n) is 1.80. The zero-order chi connectivity index (χ0) is 10.6. The normalized spacial score (nSPS) is 9.50. The first-order valence-corrected chi connectivity index (χ1v) is 4.16. The average molecular weight is 194 g/mol. The molecule has 0 heterocycles. The second-order valence-electron chi connectivity index (χ2n) is 2.71. The highest BCUT2D eigenvalue weighted by Crippen LogP contribution is 2.20. The van der Waals surface area contributed by atoms with Gasteiger partial charge < -0.3 is 9.84 Å². The summed E-state index contributed by atoms with van der Waals surface area (Å²) >= 11 is 0. The molecule has 0 aliphatic heterocycles. The molecule has 0 fully saturated rings. The lowest BCUT2D eigenvalue weighted by molar-refractivity contribution is 0.112. The Hall–Kier alpha value is -1.84. The van der Waals surface area contributed by atoms with Gasteiger partial charge in [-0.1, -0.05) is 6.92 Å². The highest BCUT2D eigenvalue weighted by atomic mass is 16.7. The molecule has 1 aromatic rings. The van der Waals surface area contributed by atoms with Crippen LogP contribution in [0.3, 0.4) is 0 Å². The van der Waals surface area contributed by atoms with Gasteiger partial charge in [0.25, 0.3) is 0 Å². The number of hydrogen-bond donors (Lipinski definition) is 1. The van der Waals surface area contributed by atoms with Gasteiger partial charge in [0, 0.05) is 5.56 Å². The summed E-state index contributed by atoms with van der Waals surface area (Å²) in [6.07, 6.45) is -0.0212. The summed E-state index contributed by atoms with van der Waals surface area (Å²) in [6.45, 7) is 1.86. The fraction of sp³-hybridized carbons (Fsp3) is 0.200. The molecule has 0 amide bonds. The quantitative estimate of drug-likeness (QED) is 0.454. The zero-order valence-electron chi connectivity index (χ0n) is 7.69. The highest BCUT2D eigenvalue weighted by Gasteiger charge is 2.06. The van der Waals surface area contributed by atoms with Crippen molar-refractivity contribution in [3.8, 4) is 5.75 Å². The van der Waals surface area contributed by atoms with Crippen LogP contribution in [0.1, 0.15) is 22.8 Å². The monoisotopic (exact) mass is 194 g/mol. The maximum absolute atomic E-state index is 10.5. The van der Waals surface area contributed by atoms with Crippen LogP contribution < -0.4 is 4.74 Å². The molecule has 0 spiro atoms. The number of aryl methyl sites for hydroxylation is 1. The van der Waals surface area contributed by atoms with E-state index in [4.69, 9.17) is 5.11 Å². The van der Waals surface area contributed by atoms with Crippen LogP contribution in [0.4, 0.5) is 4.79 Å². The van der Waals surface area contributed by atoms with Crippen LogP contribution in [0.2, 0.25) is 0 Å². The summed E-state index contributed by atoms with van der Waals surface area (Å²) in [7, 11) is 0. The summed E-state index contributed by atoms with van der Waals surface area (Å²) in [5, 5.41) is 8.42. The van der Waals surface area contributed by atoms with E-state index in [1.165, 1.54) is 12.1 Å². The van der Waals surface area contributed by atoms with E-state index in [2.05, 4.69) is 4.74 Å². The number of carbonyl (C=O) groups is 2. The molecule has 0 bridgehead atoms. The first-order valence-electron chi connectivity index (χ1n) is 4.16. The Morgan fingerprint density at radius 3 is 2.79 bits per heavy atom. The number of hydrogen-bond acceptors (Lipinski definition) is 3. The van der Waals surface area contributed by atoms with Crippen molar-refractivity contribution in [3.63, 3.8) is 0 Å². The van der Waals surface area contributed by atoms with Gasteiger partial charge in [0.05, 0.1) is 0 Å². The van der Waals surface area contributed by atoms with Crippen molar-refractivity contribution in [1.29, 1.82) is 0 Å². The number of aldehydes is 1. The first kappa shape index (κ1) is 10.2. The molecular formula is C10H10O4. The van der Waals surface area contributed by atoms with Crippen molar-refractivity contribution >= 4 is 12.4 Å². The minimum absolute atomic E-state index is 0.283. The molecular weight excluding hydrogens is 184 g/mol. The Balaban J connectivity index is 3.04. The third-order valence-corrected chi connectivity index (χ3v) is 1.80. The fourth-order valence-corrected chi connectivity index (χ4v) is 1.14. The predicted octanol–water partition coefficient (Wildman–Crippen LogP) is 2.12. The van der Waals surface area contributed by atoms with Crippen molar-refractivity contribution < 1.29 is 19.4 Å². The lowest BCUT2D eigenvalue weighted by Gasteiger charge is -2.05. The predicted molar refractivity (Wildman–Crippen MR) is 49.9 cm³/mol. The number of ether oxygens (including phenoxy) is 1. The molecule has 1 aromatic carbocycles. The molecule has 0 saturated heterocycles. The first-order chi connectivity index (χ1) is 6.67. The Labute approximate surface area is 81.1 Å². The van der Waals surface area contributed by atoms with Crippen molar-refractivity contribution in [3.05, 3.63) is 29.3 Å². The molecule has 74 valence electrons. The summed E-state index contributed by atoms with van der Waals surface area (Å²) in [5.74, 6) is 0.283. The van der Waals surface area contributed by atoms with E-state index in [9.17, 15) is 9.59 Å². The summed E-state index contributed by atoms with van der Waals surface area (Å²) < 4.78 is 4.54. The highest BCUT2D eigenvalue weighted by molar-refractivity contribution is 5.76. The van der Waals surface area contributed by atoms with Crippen LogP contribution in [0, 0.1) is 0 Å². The number of carbonyl (C=O) groups excluding carboxylic acids is 1. The average Bonchev–Trinajstić information content (AvgIpc) is 2.17. The van der Waals surface area contributed by atoms with Gasteiger partial charge in [0.2, 0.25) is 0 Å². The molecule has 14 heavy (non-hydrogen) atoms. The van der Waals surface area contributed by atoms with E-state index in [1.807, 2.05) is 6.92 Å². The van der Waals surface area contributed by atoms with Gasteiger partial charge in [-0.05, 0) is 30.2 Å². The number of benzene rings is 1. The topological polar surface area (TPSA) is 63.6 Å². The molecule has 1 N–H and O–H groups in total. The van der Waals surface area contributed by atoms with Crippen LogP contribution in [0.5, 0.6) is 5.75 Å². The van der Waals surface area contributed by atoms with Gasteiger partial charge in [-0.3, -0.25) is 4.79 Å². The van der Waals surface area contributed by atoms with Crippen molar-refractivity contribution in [2.75, 3.05) is 0 Å².